The van der Waals surface area contributed by atoms with Gasteiger partial charge in [-0.25, -0.2) is 0 Å². The predicted molar refractivity (Wildman–Crippen MR) is 123 cm³/mol. The van der Waals surface area contributed by atoms with Gasteiger partial charge in [-0.1, -0.05) is 25.5 Å². The van der Waals surface area contributed by atoms with Crippen LogP contribution in [0.5, 0.6) is 0 Å². The molecule has 1 aliphatic carbocycles. The molecule has 1 heterocycles. The fourth-order valence-corrected chi connectivity index (χ4v) is 7.04. The lowest BCUT2D eigenvalue weighted by molar-refractivity contribution is -0.387. The molecule has 5 atom stereocenters. The van der Waals surface area contributed by atoms with Crippen LogP contribution in [-0.4, -0.2) is 32.5 Å². The number of nitro benzene ring substituents is 2. The normalized spacial score (nSPS) is 25.6. The maximum absolute atomic E-state index is 11.8. The van der Waals surface area contributed by atoms with Gasteiger partial charge in [0.15, 0.2) is 0 Å². The number of benzene rings is 2. The molecule has 0 spiro atoms. The molecule has 0 unspecified atom stereocenters. The number of carbonyl (C=O) groups excluding carboxylic acids is 1. The van der Waals surface area contributed by atoms with Crippen molar-refractivity contribution in [3.63, 3.8) is 0 Å². The highest BCUT2D eigenvalue weighted by Gasteiger charge is 2.52. The summed E-state index contributed by atoms with van der Waals surface area (Å²) in [6, 6.07) is 8.66. The molecule has 0 bridgehead atoms. The second-order valence-electron chi connectivity index (χ2n) is 8.26. The van der Waals surface area contributed by atoms with Crippen LogP contribution >= 0.6 is 23.4 Å². The van der Waals surface area contributed by atoms with E-state index in [0.717, 1.165) is 12.8 Å². The van der Waals surface area contributed by atoms with Crippen LogP contribution in [0.25, 0.3) is 0 Å². The molecule has 1 N–H and O–H groups in total. The fourth-order valence-electron chi connectivity index (χ4n) is 5.10. The van der Waals surface area contributed by atoms with Crippen LogP contribution in [-0.2, 0) is 0 Å². The summed E-state index contributed by atoms with van der Waals surface area (Å²) in [5.74, 6) is -1.98. The summed E-state index contributed by atoms with van der Waals surface area (Å²) in [4.78, 5) is 34.6. The molecule has 1 aliphatic heterocycles. The van der Waals surface area contributed by atoms with E-state index in [-0.39, 0.29) is 45.4 Å². The second-order valence-corrected chi connectivity index (χ2v) is 10.0. The molecular formula is C22H21ClN3O6S-. The summed E-state index contributed by atoms with van der Waals surface area (Å²) in [6.45, 7) is 2.01. The molecule has 0 saturated heterocycles. The Kier molecular flexibility index (Phi) is 6.49. The van der Waals surface area contributed by atoms with Gasteiger partial charge in [-0.15, -0.1) is 23.4 Å². The Morgan fingerprint density at radius 2 is 1.85 bits per heavy atom. The molecule has 2 aliphatic rings. The van der Waals surface area contributed by atoms with Gasteiger partial charge in [0.05, 0.1) is 37.3 Å². The van der Waals surface area contributed by atoms with E-state index < -0.39 is 27.1 Å². The zero-order chi connectivity index (χ0) is 23.9. The Hall–Kier alpha value is -2.85. The minimum Gasteiger partial charge on any atom is -0.545 e. The third-order valence-electron chi connectivity index (χ3n) is 6.42. The van der Waals surface area contributed by atoms with Crippen LogP contribution < -0.4 is 10.4 Å². The van der Waals surface area contributed by atoms with E-state index in [1.807, 2.05) is 6.92 Å². The molecule has 0 aromatic heterocycles. The number of halogens is 1. The molecule has 4 rings (SSSR count). The van der Waals surface area contributed by atoms with Gasteiger partial charge in [0.1, 0.15) is 0 Å². The van der Waals surface area contributed by atoms with Crippen molar-refractivity contribution in [2.75, 3.05) is 5.32 Å². The monoisotopic (exact) mass is 490 g/mol. The van der Waals surface area contributed by atoms with E-state index in [2.05, 4.69) is 5.32 Å². The van der Waals surface area contributed by atoms with Gasteiger partial charge >= 0.3 is 0 Å². The van der Waals surface area contributed by atoms with Crippen molar-refractivity contribution < 1.29 is 19.7 Å². The maximum Gasteiger partial charge on any atom is 0.282 e. The van der Waals surface area contributed by atoms with Crippen LogP contribution in [0.15, 0.2) is 41.3 Å². The quantitative estimate of drug-likeness (QED) is 0.343. The number of anilines is 1. The summed E-state index contributed by atoms with van der Waals surface area (Å²) in [5.41, 5.74) is 0.147. The summed E-state index contributed by atoms with van der Waals surface area (Å²) in [5, 5.41) is 37.5. The number of aromatic carboxylic acids is 1. The Bertz CT molecular complexity index is 1130. The number of alkyl halides is 1. The van der Waals surface area contributed by atoms with Crippen molar-refractivity contribution in [2.45, 2.75) is 53.7 Å². The Morgan fingerprint density at radius 1 is 1.15 bits per heavy atom. The van der Waals surface area contributed by atoms with Crippen LogP contribution in [0.3, 0.4) is 0 Å². The van der Waals surface area contributed by atoms with Crippen molar-refractivity contribution in [1.29, 1.82) is 0 Å². The number of nitro groups is 2. The first kappa shape index (κ1) is 23.3. The number of thioether (sulfide) groups is 1. The standard InChI is InChI=1S/C22H22ClN3O6S/c1-2-5-13-12-10-17(33-16-7-4-3-6-14(16)25(29)30)20(23)18(12)19-15(26(31)32)9-8-11(22(27)28)21(19)24-13/h3-4,6-9,12-13,17-18,20,24H,2,5,10H2,1H3,(H,27,28)/p-1/t12-,13-,17+,18+,20+/m1/s1. The highest BCUT2D eigenvalue weighted by molar-refractivity contribution is 8.00. The molecule has 2 aromatic carbocycles. The molecular weight excluding hydrogens is 470 g/mol. The zero-order valence-electron chi connectivity index (χ0n) is 17.6. The summed E-state index contributed by atoms with van der Waals surface area (Å²) in [6.07, 6.45) is 2.13. The van der Waals surface area contributed by atoms with Gasteiger partial charge in [0.25, 0.3) is 11.4 Å². The average Bonchev–Trinajstić information content (AvgIpc) is 3.09. The molecule has 1 fully saturated rings. The minimum atomic E-state index is -1.42. The number of nitrogens with one attached hydrogen (secondary N) is 1. The van der Waals surface area contributed by atoms with Crippen molar-refractivity contribution in [1.82, 2.24) is 0 Å². The lowest BCUT2D eigenvalue weighted by atomic mass is 9.76. The highest BCUT2D eigenvalue weighted by Crippen LogP contribution is 2.57. The lowest BCUT2D eigenvalue weighted by Crippen LogP contribution is -2.39. The van der Waals surface area contributed by atoms with Crippen LogP contribution in [0.4, 0.5) is 17.1 Å². The molecule has 11 heteroatoms. The number of carboxylic acids is 1. The molecule has 2 aromatic rings. The van der Waals surface area contributed by atoms with E-state index in [1.54, 1.807) is 18.2 Å². The number of hydrogen-bond acceptors (Lipinski definition) is 8. The number of carboxylic acid groups (broad SMARTS) is 1. The van der Waals surface area contributed by atoms with Gasteiger partial charge in [-0.05, 0) is 30.9 Å². The van der Waals surface area contributed by atoms with E-state index in [0.29, 0.717) is 11.3 Å². The Balaban J connectivity index is 1.80. The average molecular weight is 491 g/mol. The summed E-state index contributed by atoms with van der Waals surface area (Å²) < 4.78 is 0. The minimum absolute atomic E-state index is 0.0184. The molecule has 174 valence electrons. The van der Waals surface area contributed by atoms with E-state index in [1.165, 1.54) is 30.0 Å². The number of para-hydroxylation sites is 1. The number of hydrogen-bond donors (Lipinski definition) is 1. The topological polar surface area (TPSA) is 138 Å². The van der Waals surface area contributed by atoms with Crippen LogP contribution in [0, 0.1) is 26.1 Å². The fraction of sp³-hybridized carbons (Fsp3) is 0.409. The van der Waals surface area contributed by atoms with Crippen molar-refractivity contribution in [3.05, 3.63) is 67.8 Å². The maximum atomic E-state index is 11.8. The smallest absolute Gasteiger partial charge is 0.282 e. The van der Waals surface area contributed by atoms with Crippen molar-refractivity contribution in [3.8, 4) is 0 Å². The van der Waals surface area contributed by atoms with Crippen LogP contribution in [0.2, 0.25) is 0 Å². The Morgan fingerprint density at radius 3 is 2.48 bits per heavy atom. The lowest BCUT2D eigenvalue weighted by Gasteiger charge is -2.38. The summed E-state index contributed by atoms with van der Waals surface area (Å²) in [7, 11) is 0. The van der Waals surface area contributed by atoms with Gasteiger partial charge in [0.2, 0.25) is 0 Å². The number of rotatable bonds is 7. The molecule has 33 heavy (non-hydrogen) atoms. The molecule has 1 saturated carbocycles. The Labute approximate surface area is 198 Å². The first-order valence-corrected chi connectivity index (χ1v) is 11.9. The third-order valence-corrected chi connectivity index (χ3v) is 8.54. The highest BCUT2D eigenvalue weighted by atomic mass is 35.5. The van der Waals surface area contributed by atoms with E-state index >= 15 is 0 Å². The zero-order valence-corrected chi connectivity index (χ0v) is 19.2. The second kappa shape index (κ2) is 9.18. The van der Waals surface area contributed by atoms with Crippen LogP contribution in [0.1, 0.15) is 48.0 Å². The van der Waals surface area contributed by atoms with Gasteiger partial charge in [-0.3, -0.25) is 20.2 Å². The van der Waals surface area contributed by atoms with Gasteiger partial charge in [0, 0.05) is 34.9 Å². The number of fused-ring (bicyclic) bond motifs is 3. The summed E-state index contributed by atoms with van der Waals surface area (Å²) >= 11 is 8.23. The number of carbonyl (C=O) groups is 1. The predicted octanol–water partition coefficient (Wildman–Crippen LogP) is 4.33. The molecule has 9 nitrogen and oxygen atoms in total. The van der Waals surface area contributed by atoms with E-state index in [4.69, 9.17) is 11.6 Å². The number of nitrogens with zero attached hydrogens (tertiary/aromatic N) is 2. The van der Waals surface area contributed by atoms with Gasteiger partial charge in [-0.2, -0.15) is 0 Å². The first-order valence-electron chi connectivity index (χ1n) is 10.6. The van der Waals surface area contributed by atoms with Crippen molar-refractivity contribution in [2.24, 2.45) is 5.92 Å². The van der Waals surface area contributed by atoms with Crippen molar-refractivity contribution >= 4 is 46.4 Å². The van der Waals surface area contributed by atoms with E-state index in [9.17, 15) is 30.1 Å². The van der Waals surface area contributed by atoms with Gasteiger partial charge < -0.3 is 15.2 Å². The first-order chi connectivity index (χ1) is 15.7. The molecule has 0 amide bonds. The third kappa shape index (κ3) is 4.13. The SMILES string of the molecule is CCC[C@H]1Nc2c(C(=O)[O-])ccc([N+](=O)[O-])c2[C@H]2[C@@H](Cl)[C@@H](Sc3ccccc3[N+](=O)[O-])C[C@@H]21. The molecule has 0 radical (unpaired) electrons. The largest absolute Gasteiger partial charge is 0.545 e.